The third kappa shape index (κ3) is 32.5. The van der Waals surface area contributed by atoms with E-state index in [2.05, 4.69) is 43.0 Å². The Morgan fingerprint density at radius 2 is 0.451 bits per heavy atom. The highest BCUT2D eigenvalue weighted by molar-refractivity contribution is 4.97. The second-order valence-corrected chi connectivity index (χ2v) is 17.1. The maximum atomic E-state index is 2.73. The van der Waals surface area contributed by atoms with Gasteiger partial charge in [0.15, 0.2) is 0 Å². The quantitative estimate of drug-likeness (QED) is 0.0580. The van der Waals surface area contributed by atoms with Gasteiger partial charge in [0.25, 0.3) is 0 Å². The molecule has 0 radical (unpaired) electrons. The standard InChI is InChI=1S/C49H98N2/c1-4-7-10-13-16-18-20-22-24-26-28-30-32-34-36-38-41-44-49-50(45-42-39-15-12-9-6-3)47-48-51(49)46-43-40-37-35-33-31-29-27-25-23-21-19-17-14-11-8-5-2/h47-49H,4-46H2,1-3H3. The zero-order valence-electron chi connectivity index (χ0n) is 36.0. The molecule has 0 saturated heterocycles. The van der Waals surface area contributed by atoms with Crippen molar-refractivity contribution in [2.24, 2.45) is 0 Å². The monoisotopic (exact) mass is 715 g/mol. The first-order chi connectivity index (χ1) is 25.3. The van der Waals surface area contributed by atoms with Crippen LogP contribution in [0.1, 0.15) is 284 Å². The lowest BCUT2D eigenvalue weighted by Crippen LogP contribution is -2.39. The molecule has 0 aliphatic carbocycles. The summed E-state index contributed by atoms with van der Waals surface area (Å²) in [6, 6.07) is 0. The Bertz CT molecular complexity index is 673. The first-order valence-corrected chi connectivity index (χ1v) is 24.5. The average molecular weight is 715 g/mol. The molecule has 51 heavy (non-hydrogen) atoms. The number of hydrogen-bond acceptors (Lipinski definition) is 2. The van der Waals surface area contributed by atoms with Crippen LogP contribution in [-0.4, -0.2) is 29.1 Å². The summed E-state index contributed by atoms with van der Waals surface area (Å²) in [5.41, 5.74) is 0. The smallest absolute Gasteiger partial charge is 0.101 e. The Kier molecular flexibility index (Phi) is 38.4. The largest absolute Gasteiger partial charge is 0.356 e. The Balaban J connectivity index is 2.10. The van der Waals surface area contributed by atoms with E-state index in [1.54, 1.807) is 0 Å². The van der Waals surface area contributed by atoms with Gasteiger partial charge in [0, 0.05) is 25.5 Å². The van der Waals surface area contributed by atoms with Crippen LogP contribution in [0.2, 0.25) is 0 Å². The van der Waals surface area contributed by atoms with Gasteiger partial charge >= 0.3 is 0 Å². The van der Waals surface area contributed by atoms with Gasteiger partial charge in [-0.1, -0.05) is 258 Å². The van der Waals surface area contributed by atoms with Gasteiger partial charge in [-0.2, -0.15) is 0 Å². The predicted octanol–water partition coefficient (Wildman–Crippen LogP) is 17.5. The average Bonchev–Trinajstić information content (AvgIpc) is 3.53. The molecule has 0 fully saturated rings. The van der Waals surface area contributed by atoms with Crippen LogP contribution in [0.3, 0.4) is 0 Å². The number of unbranched alkanes of at least 4 members (excludes halogenated alkanes) is 37. The van der Waals surface area contributed by atoms with Gasteiger partial charge in [-0.15, -0.1) is 0 Å². The van der Waals surface area contributed by atoms with E-state index in [1.807, 2.05) is 0 Å². The van der Waals surface area contributed by atoms with Gasteiger partial charge in [0.2, 0.25) is 0 Å². The van der Waals surface area contributed by atoms with Crippen LogP contribution in [0.4, 0.5) is 0 Å². The number of nitrogens with zero attached hydrogens (tertiary/aromatic N) is 2. The van der Waals surface area contributed by atoms with E-state index in [-0.39, 0.29) is 0 Å². The summed E-state index contributed by atoms with van der Waals surface area (Å²) in [6.45, 7) is 9.49. The Labute approximate surface area is 324 Å². The summed E-state index contributed by atoms with van der Waals surface area (Å²) in [5.74, 6) is 0. The molecule has 1 aliphatic heterocycles. The predicted molar refractivity (Wildman–Crippen MR) is 233 cm³/mol. The minimum atomic E-state index is 0.637. The van der Waals surface area contributed by atoms with Crippen LogP contribution in [0.15, 0.2) is 12.4 Å². The molecule has 0 spiro atoms. The fourth-order valence-electron chi connectivity index (χ4n) is 8.48. The minimum absolute atomic E-state index is 0.637. The fourth-order valence-corrected chi connectivity index (χ4v) is 8.48. The Morgan fingerprint density at radius 3 is 0.686 bits per heavy atom. The molecule has 1 atom stereocenters. The van der Waals surface area contributed by atoms with Gasteiger partial charge in [-0.3, -0.25) is 0 Å². The van der Waals surface area contributed by atoms with E-state index in [0.717, 1.165) is 0 Å². The SMILES string of the molecule is CCCCCCCCCCCCCCCCCCCC1N(CCCCCCCC)C=CN1CCCCCCCCCCCCCCCCCCC. The topological polar surface area (TPSA) is 6.48 Å². The van der Waals surface area contributed by atoms with Crippen molar-refractivity contribution in [1.29, 1.82) is 0 Å². The summed E-state index contributed by atoms with van der Waals surface area (Å²) >= 11 is 0. The first kappa shape index (κ1) is 48.4. The van der Waals surface area contributed by atoms with E-state index in [1.165, 1.54) is 276 Å². The molecule has 0 aromatic rings. The summed E-state index contributed by atoms with van der Waals surface area (Å²) in [6.07, 6.45) is 64.9. The van der Waals surface area contributed by atoms with Crippen molar-refractivity contribution in [3.63, 3.8) is 0 Å². The molecular weight excluding hydrogens is 617 g/mol. The molecule has 2 nitrogen and oxygen atoms in total. The molecule has 2 heteroatoms. The van der Waals surface area contributed by atoms with Crippen molar-refractivity contribution in [2.75, 3.05) is 13.1 Å². The lowest BCUT2D eigenvalue weighted by atomic mass is 10.0. The molecule has 0 N–H and O–H groups in total. The van der Waals surface area contributed by atoms with Crippen molar-refractivity contribution in [2.45, 2.75) is 290 Å². The van der Waals surface area contributed by atoms with Crippen LogP contribution in [0.5, 0.6) is 0 Å². The number of hydrogen-bond donors (Lipinski definition) is 0. The second kappa shape index (κ2) is 40.5. The molecule has 1 aliphatic rings. The highest BCUT2D eigenvalue weighted by atomic mass is 15.4. The van der Waals surface area contributed by atoms with E-state index >= 15 is 0 Å². The zero-order valence-corrected chi connectivity index (χ0v) is 36.0. The molecule has 0 bridgehead atoms. The zero-order chi connectivity index (χ0) is 36.6. The van der Waals surface area contributed by atoms with Crippen LogP contribution in [0.25, 0.3) is 0 Å². The van der Waals surface area contributed by atoms with E-state index in [9.17, 15) is 0 Å². The molecule has 1 unspecified atom stereocenters. The fraction of sp³-hybridized carbons (Fsp3) is 0.959. The van der Waals surface area contributed by atoms with Crippen molar-refractivity contribution in [3.05, 3.63) is 12.4 Å². The minimum Gasteiger partial charge on any atom is -0.356 e. The summed E-state index contributed by atoms with van der Waals surface area (Å²) in [7, 11) is 0. The van der Waals surface area contributed by atoms with E-state index in [0.29, 0.717) is 6.17 Å². The highest BCUT2D eigenvalue weighted by Crippen LogP contribution is 2.24. The van der Waals surface area contributed by atoms with Gasteiger partial charge < -0.3 is 9.80 Å². The van der Waals surface area contributed by atoms with Crippen molar-refractivity contribution < 1.29 is 0 Å². The van der Waals surface area contributed by atoms with Gasteiger partial charge in [-0.05, 0) is 25.7 Å². The molecule has 0 amide bonds. The second-order valence-electron chi connectivity index (χ2n) is 17.1. The van der Waals surface area contributed by atoms with E-state index < -0.39 is 0 Å². The van der Waals surface area contributed by atoms with Crippen LogP contribution in [-0.2, 0) is 0 Å². The molecular formula is C49H98N2. The Morgan fingerprint density at radius 1 is 0.255 bits per heavy atom. The van der Waals surface area contributed by atoms with Crippen molar-refractivity contribution in [1.82, 2.24) is 9.80 Å². The van der Waals surface area contributed by atoms with Crippen LogP contribution in [0, 0.1) is 0 Å². The van der Waals surface area contributed by atoms with E-state index in [4.69, 9.17) is 0 Å². The van der Waals surface area contributed by atoms with Gasteiger partial charge in [0.05, 0.1) is 0 Å². The molecule has 0 aromatic heterocycles. The summed E-state index contributed by atoms with van der Waals surface area (Å²) < 4.78 is 0. The Hall–Kier alpha value is -0.660. The van der Waals surface area contributed by atoms with Crippen LogP contribution < -0.4 is 0 Å². The third-order valence-corrected chi connectivity index (χ3v) is 12.1. The molecule has 0 saturated carbocycles. The first-order valence-electron chi connectivity index (χ1n) is 24.5. The van der Waals surface area contributed by atoms with Crippen LogP contribution >= 0.6 is 0 Å². The molecule has 1 heterocycles. The van der Waals surface area contributed by atoms with Gasteiger partial charge in [0.1, 0.15) is 6.17 Å². The number of rotatable bonds is 43. The molecule has 0 aromatic carbocycles. The van der Waals surface area contributed by atoms with Gasteiger partial charge in [-0.25, -0.2) is 0 Å². The molecule has 304 valence electrons. The lowest BCUT2D eigenvalue weighted by Gasteiger charge is -2.33. The van der Waals surface area contributed by atoms with Crippen molar-refractivity contribution in [3.8, 4) is 0 Å². The lowest BCUT2D eigenvalue weighted by molar-refractivity contribution is 0.135. The van der Waals surface area contributed by atoms with Crippen molar-refractivity contribution >= 4 is 0 Å². The maximum Gasteiger partial charge on any atom is 0.101 e. The highest BCUT2D eigenvalue weighted by Gasteiger charge is 2.24. The summed E-state index contributed by atoms with van der Waals surface area (Å²) in [4.78, 5) is 5.45. The maximum absolute atomic E-state index is 2.73. The third-order valence-electron chi connectivity index (χ3n) is 12.1. The molecule has 1 rings (SSSR count). The normalized spacial score (nSPS) is 14.5. The summed E-state index contributed by atoms with van der Waals surface area (Å²) in [5, 5.41) is 0.